The van der Waals surface area contributed by atoms with E-state index in [1.165, 1.54) is 5.69 Å². The zero-order valence-electron chi connectivity index (χ0n) is 19.7. The number of amides is 1. The molecule has 178 valence electrons. The molecule has 4 rings (SSSR count). The van der Waals surface area contributed by atoms with Crippen LogP contribution in [0.15, 0.2) is 48.5 Å². The van der Waals surface area contributed by atoms with Gasteiger partial charge in [0.05, 0.1) is 26.0 Å². The van der Waals surface area contributed by atoms with Crippen molar-refractivity contribution in [3.05, 3.63) is 54.1 Å². The molecule has 7 heteroatoms. The van der Waals surface area contributed by atoms with Crippen molar-refractivity contribution in [2.75, 3.05) is 82.5 Å². The van der Waals surface area contributed by atoms with Crippen LogP contribution in [-0.2, 0) is 4.74 Å². The summed E-state index contributed by atoms with van der Waals surface area (Å²) >= 11 is 0. The minimum Gasteiger partial charge on any atom is -0.495 e. The molecule has 7 nitrogen and oxygen atoms in total. The minimum atomic E-state index is 0.00829. The highest BCUT2D eigenvalue weighted by Crippen LogP contribution is 2.28. The van der Waals surface area contributed by atoms with Gasteiger partial charge in [-0.1, -0.05) is 12.1 Å². The lowest BCUT2D eigenvalue weighted by molar-refractivity contribution is 0.0952. The van der Waals surface area contributed by atoms with Gasteiger partial charge in [0.2, 0.25) is 0 Å². The van der Waals surface area contributed by atoms with Crippen LogP contribution in [0, 0.1) is 0 Å². The van der Waals surface area contributed by atoms with Gasteiger partial charge in [-0.3, -0.25) is 9.69 Å². The Morgan fingerprint density at radius 1 is 0.909 bits per heavy atom. The average Bonchev–Trinajstić information content (AvgIpc) is 2.89. The van der Waals surface area contributed by atoms with Gasteiger partial charge in [0, 0.05) is 57.1 Å². The highest BCUT2D eigenvalue weighted by Gasteiger charge is 2.19. The summed E-state index contributed by atoms with van der Waals surface area (Å²) in [5.74, 6) is 0.950. The predicted octanol–water partition coefficient (Wildman–Crippen LogP) is 2.86. The molecule has 0 radical (unpaired) electrons. The van der Waals surface area contributed by atoms with Gasteiger partial charge >= 0.3 is 0 Å². The highest BCUT2D eigenvalue weighted by molar-refractivity contribution is 5.94. The summed E-state index contributed by atoms with van der Waals surface area (Å²) in [6.45, 7) is 9.26. The third-order valence-electron chi connectivity index (χ3n) is 6.49. The van der Waals surface area contributed by atoms with Gasteiger partial charge in [0.25, 0.3) is 5.91 Å². The van der Waals surface area contributed by atoms with E-state index < -0.39 is 0 Å². The number of unbranched alkanes of at least 4 members (excludes halogenated alkanes) is 1. The Hall–Kier alpha value is -2.77. The van der Waals surface area contributed by atoms with Crippen LogP contribution >= 0.6 is 0 Å². The first kappa shape index (κ1) is 23.4. The molecule has 2 heterocycles. The lowest BCUT2D eigenvalue weighted by Crippen LogP contribution is -2.46. The first-order valence-electron chi connectivity index (χ1n) is 12.1. The Morgan fingerprint density at radius 3 is 2.36 bits per heavy atom. The number of ether oxygens (including phenoxy) is 2. The molecule has 2 aliphatic heterocycles. The molecule has 1 amide bonds. The second-order valence-electron chi connectivity index (χ2n) is 8.61. The van der Waals surface area contributed by atoms with Gasteiger partial charge in [-0.15, -0.1) is 0 Å². The largest absolute Gasteiger partial charge is 0.495 e. The molecular formula is C26H36N4O3. The van der Waals surface area contributed by atoms with Crippen LogP contribution in [-0.4, -0.2) is 83.5 Å². The predicted molar refractivity (Wildman–Crippen MR) is 133 cm³/mol. The molecule has 2 fully saturated rings. The molecule has 1 N–H and O–H groups in total. The number of hydrogen-bond acceptors (Lipinski definition) is 6. The van der Waals surface area contributed by atoms with Gasteiger partial charge < -0.3 is 24.6 Å². The first-order valence-corrected chi connectivity index (χ1v) is 12.1. The fourth-order valence-corrected chi connectivity index (χ4v) is 4.51. The van der Waals surface area contributed by atoms with Crippen molar-refractivity contribution in [2.24, 2.45) is 0 Å². The van der Waals surface area contributed by atoms with Crippen molar-refractivity contribution in [2.45, 2.75) is 12.8 Å². The molecule has 2 aliphatic rings. The summed E-state index contributed by atoms with van der Waals surface area (Å²) in [6, 6.07) is 16.1. The number of carbonyl (C=O) groups excluding carboxylic acids is 1. The van der Waals surface area contributed by atoms with E-state index in [-0.39, 0.29) is 5.91 Å². The number of hydrogen-bond donors (Lipinski definition) is 1. The molecule has 0 atom stereocenters. The fraction of sp³-hybridized carbons (Fsp3) is 0.500. The van der Waals surface area contributed by atoms with Crippen molar-refractivity contribution in [3.8, 4) is 5.75 Å². The Bertz CT molecular complexity index is 875. The van der Waals surface area contributed by atoms with E-state index in [2.05, 4.69) is 32.1 Å². The number of piperazine rings is 1. The molecular weight excluding hydrogens is 416 g/mol. The summed E-state index contributed by atoms with van der Waals surface area (Å²) < 4.78 is 10.9. The molecule has 0 aromatic heterocycles. The van der Waals surface area contributed by atoms with Crippen LogP contribution in [0.1, 0.15) is 23.2 Å². The van der Waals surface area contributed by atoms with Crippen LogP contribution in [0.25, 0.3) is 0 Å². The van der Waals surface area contributed by atoms with Crippen molar-refractivity contribution in [3.63, 3.8) is 0 Å². The number of rotatable bonds is 9. The van der Waals surface area contributed by atoms with Crippen LogP contribution < -0.4 is 19.9 Å². The Kier molecular flexibility index (Phi) is 8.44. The number of nitrogens with one attached hydrogen (secondary N) is 1. The topological polar surface area (TPSA) is 57.3 Å². The first-order chi connectivity index (χ1) is 16.2. The maximum absolute atomic E-state index is 12.4. The molecule has 0 unspecified atom stereocenters. The molecule has 0 bridgehead atoms. The van der Waals surface area contributed by atoms with Gasteiger partial charge in [-0.25, -0.2) is 0 Å². The van der Waals surface area contributed by atoms with Crippen molar-refractivity contribution in [1.82, 2.24) is 10.2 Å². The Balaban J connectivity index is 1.12. The number of carbonyl (C=O) groups is 1. The number of anilines is 2. The Morgan fingerprint density at radius 2 is 1.64 bits per heavy atom. The minimum absolute atomic E-state index is 0.00829. The maximum atomic E-state index is 12.4. The van der Waals surface area contributed by atoms with E-state index in [4.69, 9.17) is 9.47 Å². The van der Waals surface area contributed by atoms with Gasteiger partial charge in [-0.05, 0) is 55.8 Å². The normalized spacial score (nSPS) is 17.1. The molecule has 2 saturated heterocycles. The number of benzene rings is 2. The van der Waals surface area contributed by atoms with Crippen LogP contribution in [0.5, 0.6) is 5.75 Å². The molecule has 0 aliphatic carbocycles. The fourth-order valence-electron chi connectivity index (χ4n) is 4.51. The maximum Gasteiger partial charge on any atom is 0.251 e. The molecule has 2 aromatic rings. The molecule has 33 heavy (non-hydrogen) atoms. The monoisotopic (exact) mass is 452 g/mol. The number of nitrogens with zero attached hydrogens (tertiary/aromatic N) is 3. The second-order valence-corrected chi connectivity index (χ2v) is 8.61. The quantitative estimate of drug-likeness (QED) is 0.591. The second kappa shape index (κ2) is 11.9. The van der Waals surface area contributed by atoms with Crippen LogP contribution in [0.2, 0.25) is 0 Å². The smallest absolute Gasteiger partial charge is 0.251 e. The van der Waals surface area contributed by atoms with Crippen molar-refractivity contribution < 1.29 is 14.3 Å². The summed E-state index contributed by atoms with van der Waals surface area (Å²) in [5, 5.41) is 3.06. The summed E-state index contributed by atoms with van der Waals surface area (Å²) in [4.78, 5) is 19.7. The van der Waals surface area contributed by atoms with Crippen LogP contribution in [0.3, 0.4) is 0 Å². The van der Waals surface area contributed by atoms with E-state index >= 15 is 0 Å². The third kappa shape index (κ3) is 6.39. The lowest BCUT2D eigenvalue weighted by atomic mass is 10.1. The van der Waals surface area contributed by atoms with E-state index in [1.807, 2.05) is 36.4 Å². The van der Waals surface area contributed by atoms with E-state index in [0.717, 1.165) is 88.9 Å². The van der Waals surface area contributed by atoms with Crippen molar-refractivity contribution in [1.29, 1.82) is 0 Å². The van der Waals surface area contributed by atoms with Gasteiger partial charge in [0.15, 0.2) is 0 Å². The summed E-state index contributed by atoms with van der Waals surface area (Å²) in [6.07, 6.45) is 2.08. The number of morpholine rings is 1. The lowest BCUT2D eigenvalue weighted by Gasteiger charge is -2.36. The highest BCUT2D eigenvalue weighted by atomic mass is 16.5. The van der Waals surface area contributed by atoms with E-state index in [1.54, 1.807) is 7.11 Å². The zero-order chi connectivity index (χ0) is 22.9. The van der Waals surface area contributed by atoms with E-state index in [9.17, 15) is 4.79 Å². The molecule has 0 spiro atoms. The number of para-hydroxylation sites is 2. The standard InChI is InChI=1S/C26H36N4O3/c1-32-25-7-3-2-6-24(25)30-16-14-28(15-17-30)13-5-4-12-27-26(31)22-8-10-23(11-9-22)29-18-20-33-21-19-29/h2-3,6-11H,4-5,12-21H2,1H3,(H,27,31). The van der Waals surface area contributed by atoms with Crippen LogP contribution in [0.4, 0.5) is 11.4 Å². The summed E-state index contributed by atoms with van der Waals surface area (Å²) in [5.41, 5.74) is 3.06. The molecule has 0 saturated carbocycles. The molecule has 2 aromatic carbocycles. The third-order valence-corrected chi connectivity index (χ3v) is 6.49. The zero-order valence-corrected chi connectivity index (χ0v) is 19.7. The van der Waals surface area contributed by atoms with Crippen molar-refractivity contribution >= 4 is 17.3 Å². The number of methoxy groups -OCH3 is 1. The van der Waals surface area contributed by atoms with Gasteiger partial charge in [0.1, 0.15) is 5.75 Å². The average molecular weight is 453 g/mol. The Labute approximate surface area is 197 Å². The summed E-state index contributed by atoms with van der Waals surface area (Å²) in [7, 11) is 1.73. The van der Waals surface area contributed by atoms with Gasteiger partial charge in [-0.2, -0.15) is 0 Å². The van der Waals surface area contributed by atoms with E-state index in [0.29, 0.717) is 6.54 Å². The SMILES string of the molecule is COc1ccccc1N1CCN(CCCCNC(=O)c2ccc(N3CCOCC3)cc2)CC1.